The lowest BCUT2D eigenvalue weighted by Gasteiger charge is -2.24. The second-order valence-electron chi connectivity index (χ2n) is 9.87. The molecule has 0 aromatic rings. The van der Waals surface area contributed by atoms with Gasteiger partial charge in [0.25, 0.3) is 0 Å². The first kappa shape index (κ1) is 40.1. The first-order valence-electron chi connectivity index (χ1n) is 14.9. The summed E-state index contributed by atoms with van der Waals surface area (Å²) in [6.45, 7) is 18.5. The van der Waals surface area contributed by atoms with E-state index in [0.717, 1.165) is 26.1 Å². The van der Waals surface area contributed by atoms with Gasteiger partial charge in [-0.1, -0.05) is 13.8 Å². The van der Waals surface area contributed by atoms with Gasteiger partial charge in [-0.05, 0) is 33.6 Å². The highest BCUT2D eigenvalue weighted by molar-refractivity contribution is 5.75. The number of esters is 1. The van der Waals surface area contributed by atoms with Crippen molar-refractivity contribution in [3.05, 3.63) is 0 Å². The lowest BCUT2D eigenvalue weighted by Crippen LogP contribution is -2.37. The van der Waals surface area contributed by atoms with Gasteiger partial charge in [-0.2, -0.15) is 0 Å². The molecule has 246 valence electrons. The lowest BCUT2D eigenvalue weighted by molar-refractivity contribution is -0.174. The van der Waals surface area contributed by atoms with E-state index in [0.29, 0.717) is 99.1 Å². The standard InChI is InChI=1S/C29H58O12/c1-6-8-31-10-12-33-14-16-35-18-19-37-22-23-39-26-27(28(30)41-29(3,4)5)40-25-24-38-21-20-36-17-15-34-13-11-32-9-7-2/h27H,6-26H2,1-5H3. The summed E-state index contributed by atoms with van der Waals surface area (Å²) in [5.74, 6) is -0.477. The zero-order valence-electron chi connectivity index (χ0n) is 26.3. The van der Waals surface area contributed by atoms with Gasteiger partial charge in [0.15, 0.2) is 6.10 Å². The van der Waals surface area contributed by atoms with Crippen molar-refractivity contribution in [3.8, 4) is 0 Å². The normalized spacial score (nSPS) is 12.6. The SMILES string of the molecule is CCCOCCOCCOCCOCCOCC(OCCOCCOCCOCCOCCC)C(=O)OC(C)(C)C. The largest absolute Gasteiger partial charge is 0.458 e. The van der Waals surface area contributed by atoms with Crippen molar-refractivity contribution in [2.45, 2.75) is 59.2 Å². The summed E-state index contributed by atoms with van der Waals surface area (Å²) in [6.07, 6.45) is 1.15. The minimum absolute atomic E-state index is 0.0562. The van der Waals surface area contributed by atoms with Crippen LogP contribution in [0.3, 0.4) is 0 Å². The Morgan fingerprint density at radius 3 is 1.07 bits per heavy atom. The van der Waals surface area contributed by atoms with Gasteiger partial charge in [-0.25, -0.2) is 4.79 Å². The molecule has 0 rings (SSSR count). The number of hydrogen-bond donors (Lipinski definition) is 0. The number of carbonyl (C=O) groups excluding carboxylic acids is 1. The molecule has 12 nitrogen and oxygen atoms in total. The van der Waals surface area contributed by atoms with Gasteiger partial charge in [-0.15, -0.1) is 0 Å². The van der Waals surface area contributed by atoms with E-state index in [1.165, 1.54) is 0 Å². The predicted molar refractivity (Wildman–Crippen MR) is 154 cm³/mol. The van der Waals surface area contributed by atoms with E-state index in [-0.39, 0.29) is 13.2 Å². The minimum Gasteiger partial charge on any atom is -0.458 e. The fraction of sp³-hybridized carbons (Fsp3) is 0.966. The van der Waals surface area contributed by atoms with Crippen LogP contribution in [0, 0.1) is 0 Å². The van der Waals surface area contributed by atoms with Gasteiger partial charge < -0.3 is 52.1 Å². The predicted octanol–water partition coefficient (Wildman–Crippen LogP) is 2.68. The molecule has 0 saturated carbocycles. The molecule has 0 saturated heterocycles. The summed E-state index contributed by atoms with van der Waals surface area (Å²) in [4.78, 5) is 12.5. The van der Waals surface area contributed by atoms with E-state index in [2.05, 4.69) is 13.8 Å². The molecule has 0 spiro atoms. The van der Waals surface area contributed by atoms with Crippen LogP contribution in [-0.4, -0.2) is 143 Å². The molecule has 0 aliphatic heterocycles. The first-order chi connectivity index (χ1) is 19.9. The molecular formula is C29H58O12. The molecule has 0 aromatic carbocycles. The maximum absolute atomic E-state index is 12.5. The second kappa shape index (κ2) is 30.5. The average molecular weight is 599 g/mol. The van der Waals surface area contributed by atoms with E-state index in [1.54, 1.807) is 20.8 Å². The molecular weight excluding hydrogens is 540 g/mol. The highest BCUT2D eigenvalue weighted by Gasteiger charge is 2.26. The van der Waals surface area contributed by atoms with Crippen molar-refractivity contribution in [1.29, 1.82) is 0 Å². The zero-order valence-corrected chi connectivity index (χ0v) is 26.3. The van der Waals surface area contributed by atoms with E-state index in [4.69, 9.17) is 52.1 Å². The van der Waals surface area contributed by atoms with Crippen LogP contribution in [0.25, 0.3) is 0 Å². The molecule has 0 fully saturated rings. The zero-order chi connectivity index (χ0) is 30.3. The van der Waals surface area contributed by atoms with Crippen LogP contribution >= 0.6 is 0 Å². The topological polar surface area (TPSA) is 119 Å². The Bertz CT molecular complexity index is 544. The third-order valence-electron chi connectivity index (χ3n) is 4.79. The minimum atomic E-state index is -0.858. The summed E-state index contributed by atoms with van der Waals surface area (Å²) in [6, 6.07) is 0. The van der Waals surface area contributed by atoms with Crippen LogP contribution in [-0.2, 0) is 56.9 Å². The van der Waals surface area contributed by atoms with Gasteiger partial charge in [0.1, 0.15) is 5.60 Å². The molecule has 0 N–H and O–H groups in total. The van der Waals surface area contributed by atoms with Gasteiger partial charge in [0.2, 0.25) is 0 Å². The Hall–Kier alpha value is -0.930. The van der Waals surface area contributed by atoms with E-state index < -0.39 is 17.7 Å². The van der Waals surface area contributed by atoms with Crippen molar-refractivity contribution in [2.24, 2.45) is 0 Å². The third-order valence-corrected chi connectivity index (χ3v) is 4.79. The summed E-state index contributed by atoms with van der Waals surface area (Å²) in [5, 5.41) is 0. The first-order valence-corrected chi connectivity index (χ1v) is 14.9. The summed E-state index contributed by atoms with van der Waals surface area (Å²) >= 11 is 0. The lowest BCUT2D eigenvalue weighted by atomic mass is 10.2. The van der Waals surface area contributed by atoms with Crippen molar-refractivity contribution < 1.29 is 56.9 Å². The summed E-state index contributed by atoms with van der Waals surface area (Å²) in [7, 11) is 0. The Morgan fingerprint density at radius 1 is 0.463 bits per heavy atom. The van der Waals surface area contributed by atoms with E-state index >= 15 is 0 Å². The van der Waals surface area contributed by atoms with Crippen molar-refractivity contribution >= 4 is 5.97 Å². The van der Waals surface area contributed by atoms with E-state index in [9.17, 15) is 4.79 Å². The maximum Gasteiger partial charge on any atom is 0.338 e. The summed E-state index contributed by atoms with van der Waals surface area (Å²) < 4.78 is 60.2. The number of carbonyl (C=O) groups is 1. The quantitative estimate of drug-likeness (QED) is 0.0837. The Balaban J connectivity index is 3.81. The highest BCUT2D eigenvalue weighted by atomic mass is 16.6. The Morgan fingerprint density at radius 2 is 0.756 bits per heavy atom. The van der Waals surface area contributed by atoms with Crippen LogP contribution in [0.2, 0.25) is 0 Å². The molecule has 0 aliphatic carbocycles. The smallest absolute Gasteiger partial charge is 0.338 e. The maximum atomic E-state index is 12.5. The monoisotopic (exact) mass is 598 g/mol. The van der Waals surface area contributed by atoms with Crippen LogP contribution in [0.1, 0.15) is 47.5 Å². The molecule has 41 heavy (non-hydrogen) atoms. The van der Waals surface area contributed by atoms with Crippen molar-refractivity contribution in [2.75, 3.05) is 126 Å². The third kappa shape index (κ3) is 31.8. The van der Waals surface area contributed by atoms with Crippen LogP contribution in [0.15, 0.2) is 0 Å². The molecule has 0 aliphatic rings. The van der Waals surface area contributed by atoms with Crippen LogP contribution in [0.5, 0.6) is 0 Å². The fourth-order valence-corrected chi connectivity index (χ4v) is 2.92. The fourth-order valence-electron chi connectivity index (χ4n) is 2.92. The molecule has 0 aromatic heterocycles. The Labute approximate surface area is 247 Å². The van der Waals surface area contributed by atoms with Crippen molar-refractivity contribution in [1.82, 2.24) is 0 Å². The van der Waals surface area contributed by atoms with Crippen molar-refractivity contribution in [3.63, 3.8) is 0 Å². The number of rotatable bonds is 32. The molecule has 0 heterocycles. The van der Waals surface area contributed by atoms with Gasteiger partial charge in [0, 0.05) is 13.2 Å². The molecule has 1 unspecified atom stereocenters. The average Bonchev–Trinajstić information content (AvgIpc) is 2.93. The number of ether oxygens (including phenoxy) is 11. The van der Waals surface area contributed by atoms with Crippen LogP contribution < -0.4 is 0 Å². The molecule has 0 amide bonds. The van der Waals surface area contributed by atoms with E-state index in [1.807, 2.05) is 0 Å². The number of hydrogen-bond acceptors (Lipinski definition) is 12. The Kier molecular flexibility index (Phi) is 29.8. The molecule has 1 atom stereocenters. The second-order valence-corrected chi connectivity index (χ2v) is 9.87. The molecule has 0 bridgehead atoms. The van der Waals surface area contributed by atoms with Gasteiger partial charge in [0.05, 0.1) is 112 Å². The van der Waals surface area contributed by atoms with Gasteiger partial charge in [-0.3, -0.25) is 0 Å². The van der Waals surface area contributed by atoms with Crippen LogP contribution in [0.4, 0.5) is 0 Å². The molecule has 0 radical (unpaired) electrons. The molecule has 12 heteroatoms. The highest BCUT2D eigenvalue weighted by Crippen LogP contribution is 2.10. The summed E-state index contributed by atoms with van der Waals surface area (Å²) in [5.41, 5.74) is -0.629. The van der Waals surface area contributed by atoms with Gasteiger partial charge >= 0.3 is 5.97 Å².